The van der Waals surface area contributed by atoms with E-state index in [0.717, 1.165) is 5.75 Å². The molecule has 0 aliphatic rings. The van der Waals surface area contributed by atoms with Crippen molar-refractivity contribution < 1.29 is 13.2 Å². The summed E-state index contributed by atoms with van der Waals surface area (Å²) < 4.78 is 26.4. The molecule has 2 aromatic carbocycles. The highest BCUT2D eigenvalue weighted by Crippen LogP contribution is 2.29. The van der Waals surface area contributed by atoms with Crippen LogP contribution >= 0.6 is 10.7 Å². The summed E-state index contributed by atoms with van der Waals surface area (Å²) in [6.07, 6.45) is 0. The van der Waals surface area contributed by atoms with Gasteiger partial charge in [0.2, 0.25) is 0 Å². The van der Waals surface area contributed by atoms with Gasteiger partial charge in [-0.2, -0.15) is 0 Å². The molecule has 0 saturated carbocycles. The van der Waals surface area contributed by atoms with Gasteiger partial charge in [-0.05, 0) is 35.2 Å². The first-order chi connectivity index (χ1) is 10.6. The van der Waals surface area contributed by atoms with Crippen LogP contribution in [0.25, 0.3) is 0 Å². The Morgan fingerprint density at radius 3 is 2.00 bits per heavy atom. The van der Waals surface area contributed by atoms with Gasteiger partial charge in [-0.15, -0.1) is 0 Å². The lowest BCUT2D eigenvalue weighted by Crippen LogP contribution is -2.11. The second-order valence-corrected chi connectivity index (χ2v) is 8.52. The van der Waals surface area contributed by atoms with Crippen molar-refractivity contribution in [1.29, 1.82) is 0 Å². The summed E-state index contributed by atoms with van der Waals surface area (Å²) in [7, 11) is 3.14. The molecule has 0 aliphatic carbocycles. The van der Waals surface area contributed by atoms with Gasteiger partial charge < -0.3 is 10.5 Å². The van der Waals surface area contributed by atoms with E-state index in [2.05, 4.69) is 20.8 Å². The van der Waals surface area contributed by atoms with Crippen molar-refractivity contribution in [3.63, 3.8) is 0 Å². The average Bonchev–Trinajstić information content (AvgIpc) is 2.47. The minimum atomic E-state index is -3.53. The minimum Gasteiger partial charge on any atom is -0.495 e. The molecule has 23 heavy (non-hydrogen) atoms. The molecule has 0 spiro atoms. The molecule has 2 rings (SSSR count). The maximum atomic E-state index is 10.6. The number of halogens is 1. The Morgan fingerprint density at radius 2 is 1.61 bits per heavy atom. The SMILES string of the molecule is COc1cc(C(C)(C)C)ccc1N.O=S(=O)(Cl)c1ccccc1. The van der Waals surface area contributed by atoms with Crippen LogP contribution < -0.4 is 10.5 Å². The average molecular weight is 356 g/mol. The molecule has 4 nitrogen and oxygen atoms in total. The molecule has 2 N–H and O–H groups in total. The number of anilines is 1. The monoisotopic (exact) mass is 355 g/mol. The van der Waals surface area contributed by atoms with Gasteiger partial charge in [0.05, 0.1) is 17.7 Å². The number of hydrogen-bond donors (Lipinski definition) is 1. The Hall–Kier alpha value is -1.72. The molecular weight excluding hydrogens is 334 g/mol. The van der Waals surface area contributed by atoms with Gasteiger partial charge in [-0.3, -0.25) is 0 Å². The van der Waals surface area contributed by atoms with Crippen LogP contribution in [0.1, 0.15) is 26.3 Å². The van der Waals surface area contributed by atoms with Crippen molar-refractivity contribution in [2.24, 2.45) is 0 Å². The molecule has 0 fully saturated rings. The Morgan fingerprint density at radius 1 is 1.04 bits per heavy atom. The Labute approximate surface area is 142 Å². The molecule has 0 unspecified atom stereocenters. The molecule has 2 aromatic rings. The van der Waals surface area contributed by atoms with E-state index in [0.29, 0.717) is 5.69 Å². The highest BCUT2D eigenvalue weighted by molar-refractivity contribution is 8.13. The van der Waals surface area contributed by atoms with E-state index >= 15 is 0 Å². The number of hydrogen-bond acceptors (Lipinski definition) is 4. The smallest absolute Gasteiger partial charge is 0.261 e. The number of nitrogen functional groups attached to an aromatic ring is 1. The number of ether oxygens (including phenoxy) is 1. The van der Waals surface area contributed by atoms with E-state index in [-0.39, 0.29) is 10.3 Å². The van der Waals surface area contributed by atoms with Crippen LogP contribution in [0, 0.1) is 0 Å². The summed E-state index contributed by atoms with van der Waals surface area (Å²) >= 11 is 0. The minimum absolute atomic E-state index is 0.136. The predicted molar refractivity (Wildman–Crippen MR) is 95.6 cm³/mol. The van der Waals surface area contributed by atoms with E-state index in [1.807, 2.05) is 18.2 Å². The summed E-state index contributed by atoms with van der Waals surface area (Å²) in [5.41, 5.74) is 7.78. The van der Waals surface area contributed by atoms with Crippen molar-refractivity contribution in [3.8, 4) is 5.75 Å². The van der Waals surface area contributed by atoms with Crippen molar-refractivity contribution in [1.82, 2.24) is 0 Å². The predicted octanol–water partition coefficient (Wildman–Crippen LogP) is 4.19. The maximum Gasteiger partial charge on any atom is 0.261 e. The first-order valence-electron chi connectivity index (χ1n) is 6.99. The molecule has 0 radical (unpaired) electrons. The summed E-state index contributed by atoms with van der Waals surface area (Å²) in [4.78, 5) is 0.136. The topological polar surface area (TPSA) is 69.4 Å². The van der Waals surface area contributed by atoms with Crippen LogP contribution in [0.3, 0.4) is 0 Å². The van der Waals surface area contributed by atoms with E-state index in [1.54, 1.807) is 25.3 Å². The lowest BCUT2D eigenvalue weighted by Gasteiger charge is -2.20. The van der Waals surface area contributed by atoms with Crippen LogP contribution in [-0.2, 0) is 14.5 Å². The van der Waals surface area contributed by atoms with Gasteiger partial charge in [0.1, 0.15) is 5.75 Å². The van der Waals surface area contributed by atoms with Gasteiger partial charge in [-0.25, -0.2) is 8.42 Å². The van der Waals surface area contributed by atoms with Gasteiger partial charge in [0, 0.05) is 10.7 Å². The summed E-state index contributed by atoms with van der Waals surface area (Å²) in [5.74, 6) is 0.757. The fourth-order valence-electron chi connectivity index (χ4n) is 1.76. The van der Waals surface area contributed by atoms with E-state index < -0.39 is 9.05 Å². The quantitative estimate of drug-likeness (QED) is 0.647. The zero-order valence-electron chi connectivity index (χ0n) is 13.7. The van der Waals surface area contributed by atoms with E-state index in [4.69, 9.17) is 21.2 Å². The zero-order chi connectivity index (χ0) is 17.7. The number of benzene rings is 2. The first-order valence-corrected chi connectivity index (χ1v) is 9.30. The summed E-state index contributed by atoms with van der Waals surface area (Å²) in [5, 5.41) is 0. The van der Waals surface area contributed by atoms with Gasteiger partial charge in [0.25, 0.3) is 9.05 Å². The fourth-order valence-corrected chi connectivity index (χ4v) is 2.55. The van der Waals surface area contributed by atoms with Crippen molar-refractivity contribution in [2.75, 3.05) is 12.8 Å². The number of nitrogens with two attached hydrogens (primary N) is 1. The highest BCUT2D eigenvalue weighted by atomic mass is 35.7. The lowest BCUT2D eigenvalue weighted by molar-refractivity contribution is 0.415. The van der Waals surface area contributed by atoms with Gasteiger partial charge >= 0.3 is 0 Å². The standard InChI is InChI=1S/C11H17NO.C6H5ClO2S/c1-11(2,3)8-5-6-9(12)10(7-8)13-4;7-10(8,9)6-4-2-1-3-5-6/h5-7H,12H2,1-4H3;1-5H. The number of rotatable bonds is 2. The molecule has 6 heteroatoms. The zero-order valence-corrected chi connectivity index (χ0v) is 15.3. The second kappa shape index (κ2) is 7.70. The van der Waals surface area contributed by atoms with Crippen LogP contribution in [0.15, 0.2) is 53.4 Å². The Balaban J connectivity index is 0.000000238. The molecule has 0 atom stereocenters. The molecule has 0 aromatic heterocycles. The molecule has 0 amide bonds. The van der Waals surface area contributed by atoms with Crippen LogP contribution in [0.5, 0.6) is 5.75 Å². The van der Waals surface area contributed by atoms with Crippen molar-refractivity contribution >= 4 is 25.4 Å². The summed E-state index contributed by atoms with van der Waals surface area (Å²) in [6.45, 7) is 6.49. The van der Waals surface area contributed by atoms with Gasteiger partial charge in [-0.1, -0.05) is 45.0 Å². The van der Waals surface area contributed by atoms with Crippen LogP contribution in [-0.4, -0.2) is 15.5 Å². The Kier molecular flexibility index (Phi) is 6.47. The molecule has 0 bridgehead atoms. The lowest BCUT2D eigenvalue weighted by atomic mass is 9.87. The Bertz CT molecular complexity index is 738. The third-order valence-electron chi connectivity index (χ3n) is 3.12. The van der Waals surface area contributed by atoms with Crippen molar-refractivity contribution in [2.45, 2.75) is 31.1 Å². The molecule has 126 valence electrons. The summed E-state index contributed by atoms with van der Waals surface area (Å²) in [6, 6.07) is 13.8. The fraction of sp³-hybridized carbons (Fsp3) is 0.294. The van der Waals surface area contributed by atoms with E-state index in [9.17, 15) is 8.42 Å². The van der Waals surface area contributed by atoms with Crippen LogP contribution in [0.2, 0.25) is 0 Å². The van der Waals surface area contributed by atoms with Crippen molar-refractivity contribution in [3.05, 3.63) is 54.1 Å². The third kappa shape index (κ3) is 6.12. The van der Waals surface area contributed by atoms with Gasteiger partial charge in [0.15, 0.2) is 0 Å². The molecule has 0 aliphatic heterocycles. The third-order valence-corrected chi connectivity index (χ3v) is 4.49. The first kappa shape index (κ1) is 19.3. The normalized spacial score (nSPS) is 11.3. The molecule has 0 heterocycles. The molecule has 0 saturated heterocycles. The number of methoxy groups -OCH3 is 1. The van der Waals surface area contributed by atoms with E-state index in [1.165, 1.54) is 17.7 Å². The largest absolute Gasteiger partial charge is 0.495 e. The second-order valence-electron chi connectivity index (χ2n) is 5.96. The maximum absolute atomic E-state index is 10.6. The molecular formula is C17H22ClNO3S. The van der Waals surface area contributed by atoms with Crippen LogP contribution in [0.4, 0.5) is 5.69 Å². The highest BCUT2D eigenvalue weighted by Gasteiger charge is 2.14.